The minimum atomic E-state index is -0.359. The van der Waals surface area contributed by atoms with Gasteiger partial charge in [0.1, 0.15) is 5.82 Å². The number of H-pyrrole nitrogens is 1. The van der Waals surface area contributed by atoms with Crippen LogP contribution in [0.15, 0.2) is 48.7 Å². The van der Waals surface area contributed by atoms with Gasteiger partial charge < -0.3 is 4.98 Å². The largest absolute Gasteiger partial charge is 0.360 e. The summed E-state index contributed by atoms with van der Waals surface area (Å²) >= 11 is 5.90. The summed E-state index contributed by atoms with van der Waals surface area (Å²) in [4.78, 5) is 15.4. The molecule has 4 heteroatoms. The molecule has 0 atom stereocenters. The van der Waals surface area contributed by atoms with E-state index in [1.165, 1.54) is 24.3 Å². The fourth-order valence-electron chi connectivity index (χ4n) is 2.04. The lowest BCUT2D eigenvalue weighted by Gasteiger charge is -2.00. The smallest absolute Gasteiger partial charge is 0.195 e. The van der Waals surface area contributed by atoms with Gasteiger partial charge in [-0.3, -0.25) is 4.79 Å². The van der Waals surface area contributed by atoms with Gasteiger partial charge in [0.2, 0.25) is 0 Å². The van der Waals surface area contributed by atoms with Crippen LogP contribution in [0.2, 0.25) is 5.02 Å². The molecule has 0 spiro atoms. The van der Waals surface area contributed by atoms with Crippen molar-refractivity contribution in [3.8, 4) is 0 Å². The van der Waals surface area contributed by atoms with Crippen LogP contribution in [0, 0.1) is 5.82 Å². The predicted octanol–water partition coefficient (Wildman–Crippen LogP) is 4.19. The first-order chi connectivity index (χ1) is 9.15. The summed E-state index contributed by atoms with van der Waals surface area (Å²) in [6.07, 6.45) is 1.65. The van der Waals surface area contributed by atoms with Gasteiger partial charge >= 0.3 is 0 Å². The second-order valence-corrected chi connectivity index (χ2v) is 4.66. The van der Waals surface area contributed by atoms with E-state index in [9.17, 15) is 9.18 Å². The van der Waals surface area contributed by atoms with Gasteiger partial charge in [-0.2, -0.15) is 0 Å². The predicted molar refractivity (Wildman–Crippen MR) is 73.1 cm³/mol. The van der Waals surface area contributed by atoms with Gasteiger partial charge in [0.05, 0.1) is 0 Å². The Hall–Kier alpha value is -2.13. The van der Waals surface area contributed by atoms with E-state index in [1.54, 1.807) is 24.4 Å². The van der Waals surface area contributed by atoms with Gasteiger partial charge in [0.15, 0.2) is 5.78 Å². The summed E-state index contributed by atoms with van der Waals surface area (Å²) in [7, 11) is 0. The number of carbonyl (C=O) groups is 1. The molecule has 0 amide bonds. The SMILES string of the molecule is O=C(c1ccc(F)cc1)c1c[nH]c2cc(Cl)ccc12. The highest BCUT2D eigenvalue weighted by Gasteiger charge is 2.14. The number of rotatable bonds is 2. The lowest BCUT2D eigenvalue weighted by molar-refractivity contribution is 0.104. The molecule has 2 nitrogen and oxygen atoms in total. The van der Waals surface area contributed by atoms with Crippen molar-refractivity contribution in [3.63, 3.8) is 0 Å². The highest BCUT2D eigenvalue weighted by Crippen LogP contribution is 2.24. The van der Waals surface area contributed by atoms with E-state index in [-0.39, 0.29) is 11.6 Å². The van der Waals surface area contributed by atoms with Crippen LogP contribution in [0.5, 0.6) is 0 Å². The Labute approximate surface area is 113 Å². The zero-order valence-corrected chi connectivity index (χ0v) is 10.5. The minimum absolute atomic E-state index is 0.145. The average molecular weight is 274 g/mol. The molecule has 19 heavy (non-hydrogen) atoms. The molecular formula is C15H9ClFNO. The van der Waals surface area contributed by atoms with Crippen molar-refractivity contribution in [1.82, 2.24) is 4.98 Å². The zero-order valence-electron chi connectivity index (χ0n) is 9.78. The third kappa shape index (κ3) is 2.13. The fraction of sp³-hybridized carbons (Fsp3) is 0. The second kappa shape index (κ2) is 4.52. The molecule has 0 bridgehead atoms. The summed E-state index contributed by atoms with van der Waals surface area (Å²) in [6, 6.07) is 10.8. The Morgan fingerprint density at radius 3 is 2.58 bits per heavy atom. The maximum atomic E-state index is 12.9. The first kappa shape index (κ1) is 11.9. The number of hydrogen-bond donors (Lipinski definition) is 1. The van der Waals surface area contributed by atoms with Crippen LogP contribution in [-0.2, 0) is 0 Å². The zero-order chi connectivity index (χ0) is 13.4. The molecule has 0 radical (unpaired) electrons. The van der Waals surface area contributed by atoms with Gasteiger partial charge in [0, 0.05) is 33.2 Å². The molecule has 3 rings (SSSR count). The van der Waals surface area contributed by atoms with E-state index in [2.05, 4.69) is 4.98 Å². The standard InChI is InChI=1S/C15H9ClFNO/c16-10-3-6-12-13(8-18-14(12)7-10)15(19)9-1-4-11(17)5-2-9/h1-8,18H. The van der Waals surface area contributed by atoms with Crippen molar-refractivity contribution >= 4 is 28.3 Å². The molecule has 3 aromatic rings. The van der Waals surface area contributed by atoms with Crippen molar-refractivity contribution < 1.29 is 9.18 Å². The molecule has 2 aromatic carbocycles. The molecule has 0 saturated carbocycles. The molecule has 0 unspecified atom stereocenters. The van der Waals surface area contributed by atoms with Gasteiger partial charge in [-0.05, 0) is 36.4 Å². The number of halogens is 2. The Kier molecular flexibility index (Phi) is 2.84. The van der Waals surface area contributed by atoms with Crippen molar-refractivity contribution in [3.05, 3.63) is 70.6 Å². The van der Waals surface area contributed by atoms with E-state index >= 15 is 0 Å². The molecule has 0 aliphatic carbocycles. The van der Waals surface area contributed by atoms with E-state index in [0.29, 0.717) is 16.1 Å². The van der Waals surface area contributed by atoms with Crippen LogP contribution in [0.25, 0.3) is 10.9 Å². The highest BCUT2D eigenvalue weighted by atomic mass is 35.5. The van der Waals surface area contributed by atoms with Crippen molar-refractivity contribution in [2.24, 2.45) is 0 Å². The van der Waals surface area contributed by atoms with E-state index in [1.807, 2.05) is 0 Å². The van der Waals surface area contributed by atoms with Crippen LogP contribution >= 0.6 is 11.6 Å². The third-order valence-electron chi connectivity index (χ3n) is 2.99. The Balaban J connectivity index is 2.09. The average Bonchev–Trinajstić information content (AvgIpc) is 2.81. The number of hydrogen-bond acceptors (Lipinski definition) is 1. The number of aromatic amines is 1. The molecule has 1 aromatic heterocycles. The Morgan fingerprint density at radius 1 is 1.11 bits per heavy atom. The summed E-state index contributed by atoms with van der Waals surface area (Å²) in [5.74, 6) is -0.504. The summed E-state index contributed by atoms with van der Waals surface area (Å²) in [6.45, 7) is 0. The van der Waals surface area contributed by atoms with Crippen LogP contribution in [0.1, 0.15) is 15.9 Å². The number of ketones is 1. The molecule has 0 aliphatic rings. The van der Waals surface area contributed by atoms with E-state index in [0.717, 1.165) is 10.9 Å². The topological polar surface area (TPSA) is 32.9 Å². The van der Waals surface area contributed by atoms with Gasteiger partial charge in [-0.1, -0.05) is 17.7 Å². The quantitative estimate of drug-likeness (QED) is 0.698. The number of aromatic nitrogens is 1. The summed E-state index contributed by atoms with van der Waals surface area (Å²) in [5.41, 5.74) is 1.81. The Bertz CT molecular complexity index is 761. The lowest BCUT2D eigenvalue weighted by atomic mass is 10.0. The maximum absolute atomic E-state index is 12.9. The monoisotopic (exact) mass is 273 g/mol. The van der Waals surface area contributed by atoms with Crippen LogP contribution in [0.4, 0.5) is 4.39 Å². The normalized spacial score (nSPS) is 10.8. The molecule has 0 fully saturated rings. The van der Waals surface area contributed by atoms with Crippen LogP contribution < -0.4 is 0 Å². The molecule has 0 saturated heterocycles. The van der Waals surface area contributed by atoms with Gasteiger partial charge in [-0.25, -0.2) is 4.39 Å². The van der Waals surface area contributed by atoms with Crippen molar-refractivity contribution in [2.45, 2.75) is 0 Å². The highest BCUT2D eigenvalue weighted by molar-refractivity contribution is 6.31. The first-order valence-corrected chi connectivity index (χ1v) is 6.10. The van der Waals surface area contributed by atoms with Crippen LogP contribution in [0.3, 0.4) is 0 Å². The number of carbonyl (C=O) groups excluding carboxylic acids is 1. The number of nitrogens with one attached hydrogen (secondary N) is 1. The van der Waals surface area contributed by atoms with Crippen molar-refractivity contribution in [2.75, 3.05) is 0 Å². The van der Waals surface area contributed by atoms with Crippen molar-refractivity contribution in [1.29, 1.82) is 0 Å². The number of benzene rings is 2. The minimum Gasteiger partial charge on any atom is -0.360 e. The Morgan fingerprint density at radius 2 is 1.84 bits per heavy atom. The number of fused-ring (bicyclic) bond motifs is 1. The van der Waals surface area contributed by atoms with E-state index in [4.69, 9.17) is 11.6 Å². The molecule has 94 valence electrons. The van der Waals surface area contributed by atoms with E-state index < -0.39 is 0 Å². The van der Waals surface area contributed by atoms with Gasteiger partial charge in [0.25, 0.3) is 0 Å². The first-order valence-electron chi connectivity index (χ1n) is 5.72. The molecular weight excluding hydrogens is 265 g/mol. The molecule has 1 heterocycles. The molecule has 1 N–H and O–H groups in total. The summed E-state index contributed by atoms with van der Waals surface area (Å²) in [5, 5.41) is 1.41. The summed E-state index contributed by atoms with van der Waals surface area (Å²) < 4.78 is 12.9. The maximum Gasteiger partial charge on any atom is 0.195 e. The second-order valence-electron chi connectivity index (χ2n) is 4.23. The van der Waals surface area contributed by atoms with Crippen LogP contribution in [-0.4, -0.2) is 10.8 Å². The third-order valence-corrected chi connectivity index (χ3v) is 3.23. The molecule has 0 aliphatic heterocycles. The fourth-order valence-corrected chi connectivity index (χ4v) is 2.22. The van der Waals surface area contributed by atoms with Gasteiger partial charge in [-0.15, -0.1) is 0 Å². The lowest BCUT2D eigenvalue weighted by Crippen LogP contribution is -2.00.